The third-order valence-electron chi connectivity index (χ3n) is 2.37. The van der Waals surface area contributed by atoms with Crippen molar-refractivity contribution in [2.24, 2.45) is 0 Å². The van der Waals surface area contributed by atoms with Crippen LogP contribution in [0.3, 0.4) is 0 Å². The third-order valence-corrected chi connectivity index (χ3v) is 3.62. The summed E-state index contributed by atoms with van der Waals surface area (Å²) in [5.41, 5.74) is 2.29. The predicted octanol–water partition coefficient (Wildman–Crippen LogP) is 3.99. The minimum absolute atomic E-state index is 0.691. The van der Waals surface area contributed by atoms with Gasteiger partial charge in [0, 0.05) is 35.8 Å². The summed E-state index contributed by atoms with van der Waals surface area (Å²) in [5, 5.41) is 3.35. The van der Waals surface area contributed by atoms with E-state index in [1.807, 2.05) is 0 Å². The van der Waals surface area contributed by atoms with Crippen LogP contribution in [0.5, 0.6) is 0 Å². The molecule has 0 heterocycles. The van der Waals surface area contributed by atoms with Crippen LogP contribution in [-0.4, -0.2) is 33.5 Å². The van der Waals surface area contributed by atoms with Gasteiger partial charge in [-0.15, -0.1) is 0 Å². The average molecular weight is 381 g/mol. The van der Waals surface area contributed by atoms with Crippen LogP contribution in [0.25, 0.3) is 0 Å². The summed E-state index contributed by atoms with van der Waals surface area (Å²) in [5.74, 6) is 0. The lowest BCUT2D eigenvalue weighted by molar-refractivity contribution is 0.109. The molecule has 1 N–H and O–H groups in total. The fourth-order valence-electron chi connectivity index (χ4n) is 1.52. The van der Waals surface area contributed by atoms with E-state index < -0.39 is 0 Å². The zero-order chi connectivity index (χ0) is 13.4. The lowest BCUT2D eigenvalue weighted by Gasteiger charge is -2.12. The second-order valence-electron chi connectivity index (χ2n) is 3.99. The lowest BCUT2D eigenvalue weighted by Crippen LogP contribution is -2.11. The fraction of sp³-hybridized carbons (Fsp3) is 0.538. The fourth-order valence-corrected chi connectivity index (χ4v) is 3.22. The molecule has 0 saturated heterocycles. The summed E-state index contributed by atoms with van der Waals surface area (Å²) in [7, 11) is 1.70. The second-order valence-corrected chi connectivity index (χ2v) is 5.70. The third kappa shape index (κ3) is 5.69. The Kier molecular flexibility index (Phi) is 7.90. The van der Waals surface area contributed by atoms with Gasteiger partial charge in [-0.25, -0.2) is 0 Å². The van der Waals surface area contributed by atoms with Crippen molar-refractivity contribution in [3.63, 3.8) is 0 Å². The molecule has 0 unspecified atom stereocenters. The predicted molar refractivity (Wildman–Crippen MR) is 82.4 cm³/mol. The molecule has 1 rings (SSSR count). The average Bonchev–Trinajstić information content (AvgIpc) is 2.30. The molecule has 0 aliphatic heterocycles. The number of hydrogen-bond acceptors (Lipinski definition) is 3. The molecule has 0 aromatic heterocycles. The first-order valence-electron chi connectivity index (χ1n) is 5.91. The summed E-state index contributed by atoms with van der Waals surface area (Å²) < 4.78 is 12.6. The molecule has 0 atom stereocenters. The highest BCUT2D eigenvalue weighted by atomic mass is 79.9. The van der Waals surface area contributed by atoms with Gasteiger partial charge in [-0.2, -0.15) is 0 Å². The molecule has 0 amide bonds. The topological polar surface area (TPSA) is 30.5 Å². The maximum absolute atomic E-state index is 5.49. The number of aryl methyl sites for hydroxylation is 1. The minimum atomic E-state index is 0.691. The van der Waals surface area contributed by atoms with Crippen molar-refractivity contribution in [3.8, 4) is 0 Å². The lowest BCUT2D eigenvalue weighted by atomic mass is 10.2. The van der Waals surface area contributed by atoms with Crippen LogP contribution in [0.1, 0.15) is 12.0 Å². The molecular weight excluding hydrogens is 362 g/mol. The number of anilines is 1. The standard InChI is InChI=1S/C13H19Br2NO2/c1-10-8-11(14)13(12(15)9-10)16-4-7-18-6-3-5-17-2/h8-9,16H,3-7H2,1-2H3. The summed E-state index contributed by atoms with van der Waals surface area (Å²) in [6.45, 7) is 5.04. The van der Waals surface area contributed by atoms with E-state index >= 15 is 0 Å². The van der Waals surface area contributed by atoms with Gasteiger partial charge in [0.15, 0.2) is 0 Å². The van der Waals surface area contributed by atoms with Gasteiger partial charge < -0.3 is 14.8 Å². The molecule has 1 aromatic rings. The van der Waals surface area contributed by atoms with Crippen molar-refractivity contribution in [3.05, 3.63) is 26.6 Å². The van der Waals surface area contributed by atoms with E-state index in [1.54, 1.807) is 7.11 Å². The number of rotatable bonds is 8. The molecule has 0 aliphatic rings. The maximum atomic E-state index is 5.49. The first-order valence-corrected chi connectivity index (χ1v) is 7.50. The van der Waals surface area contributed by atoms with Gasteiger partial charge in [0.2, 0.25) is 0 Å². The summed E-state index contributed by atoms with van der Waals surface area (Å²) in [6.07, 6.45) is 0.939. The normalized spacial score (nSPS) is 10.7. The molecule has 0 saturated carbocycles. The zero-order valence-electron chi connectivity index (χ0n) is 10.8. The number of ether oxygens (including phenoxy) is 2. The number of nitrogens with one attached hydrogen (secondary N) is 1. The van der Waals surface area contributed by atoms with Gasteiger partial charge in [0.05, 0.1) is 12.3 Å². The van der Waals surface area contributed by atoms with Crippen molar-refractivity contribution in [1.29, 1.82) is 0 Å². The number of methoxy groups -OCH3 is 1. The van der Waals surface area contributed by atoms with Gasteiger partial charge in [-0.05, 0) is 62.9 Å². The number of hydrogen-bond donors (Lipinski definition) is 1. The van der Waals surface area contributed by atoms with Crippen LogP contribution in [0.15, 0.2) is 21.1 Å². The zero-order valence-corrected chi connectivity index (χ0v) is 13.9. The molecule has 18 heavy (non-hydrogen) atoms. The molecule has 102 valence electrons. The number of benzene rings is 1. The highest BCUT2D eigenvalue weighted by molar-refractivity contribution is 9.11. The highest BCUT2D eigenvalue weighted by Crippen LogP contribution is 2.31. The van der Waals surface area contributed by atoms with Crippen LogP contribution in [0.4, 0.5) is 5.69 Å². The van der Waals surface area contributed by atoms with Crippen LogP contribution >= 0.6 is 31.9 Å². The van der Waals surface area contributed by atoms with Gasteiger partial charge in [-0.1, -0.05) is 0 Å². The van der Waals surface area contributed by atoms with Crippen molar-refractivity contribution in [1.82, 2.24) is 0 Å². The first-order chi connectivity index (χ1) is 8.65. The Bertz CT molecular complexity index is 349. The van der Waals surface area contributed by atoms with Crippen molar-refractivity contribution < 1.29 is 9.47 Å². The maximum Gasteiger partial charge on any atom is 0.0639 e. The quantitative estimate of drug-likeness (QED) is 0.691. The summed E-state index contributed by atoms with van der Waals surface area (Å²) in [6, 6.07) is 4.18. The Hall–Kier alpha value is -0.100. The SMILES string of the molecule is COCCCOCCNc1c(Br)cc(C)cc1Br. The van der Waals surface area contributed by atoms with Gasteiger partial charge >= 0.3 is 0 Å². The van der Waals surface area contributed by atoms with E-state index in [0.29, 0.717) is 6.61 Å². The second kappa shape index (κ2) is 8.91. The van der Waals surface area contributed by atoms with Crippen LogP contribution in [-0.2, 0) is 9.47 Å². The Labute approximate surface area is 125 Å². The Morgan fingerprint density at radius 2 is 1.78 bits per heavy atom. The van der Waals surface area contributed by atoms with E-state index in [1.165, 1.54) is 5.56 Å². The molecule has 1 aromatic carbocycles. The summed E-state index contributed by atoms with van der Waals surface area (Å²) >= 11 is 7.10. The van der Waals surface area contributed by atoms with Crippen LogP contribution < -0.4 is 5.32 Å². The Morgan fingerprint density at radius 1 is 1.11 bits per heavy atom. The number of halogens is 2. The van der Waals surface area contributed by atoms with E-state index in [0.717, 1.165) is 40.8 Å². The minimum Gasteiger partial charge on any atom is -0.385 e. The molecule has 0 spiro atoms. The first kappa shape index (κ1) is 16.0. The van der Waals surface area contributed by atoms with E-state index in [9.17, 15) is 0 Å². The van der Waals surface area contributed by atoms with Gasteiger partial charge in [0.25, 0.3) is 0 Å². The van der Waals surface area contributed by atoms with E-state index in [2.05, 4.69) is 56.2 Å². The Balaban J connectivity index is 2.27. The molecule has 0 aliphatic carbocycles. The molecule has 3 nitrogen and oxygen atoms in total. The van der Waals surface area contributed by atoms with Crippen molar-refractivity contribution in [2.45, 2.75) is 13.3 Å². The highest BCUT2D eigenvalue weighted by Gasteiger charge is 2.05. The molecule has 0 bridgehead atoms. The molecular formula is C13H19Br2NO2. The largest absolute Gasteiger partial charge is 0.385 e. The monoisotopic (exact) mass is 379 g/mol. The van der Waals surface area contributed by atoms with E-state index in [-0.39, 0.29) is 0 Å². The van der Waals surface area contributed by atoms with Gasteiger partial charge in [-0.3, -0.25) is 0 Å². The van der Waals surface area contributed by atoms with Crippen LogP contribution in [0.2, 0.25) is 0 Å². The van der Waals surface area contributed by atoms with Crippen molar-refractivity contribution >= 4 is 37.5 Å². The van der Waals surface area contributed by atoms with Crippen LogP contribution in [0, 0.1) is 6.92 Å². The Morgan fingerprint density at radius 3 is 2.39 bits per heavy atom. The van der Waals surface area contributed by atoms with Crippen molar-refractivity contribution in [2.75, 3.05) is 38.8 Å². The molecule has 0 fully saturated rings. The molecule has 0 radical (unpaired) electrons. The van der Waals surface area contributed by atoms with Gasteiger partial charge in [0.1, 0.15) is 0 Å². The summed E-state index contributed by atoms with van der Waals surface area (Å²) in [4.78, 5) is 0. The van der Waals surface area contributed by atoms with E-state index in [4.69, 9.17) is 9.47 Å². The molecule has 5 heteroatoms. The smallest absolute Gasteiger partial charge is 0.0639 e.